The number of rotatable bonds is 3. The zero-order valence-corrected chi connectivity index (χ0v) is 7.21. The molecule has 0 aliphatic carbocycles. The fraction of sp³-hybridized carbons (Fsp3) is 0.444. The van der Waals surface area contributed by atoms with Gasteiger partial charge in [0.25, 0.3) is 5.56 Å². The Labute approximate surface area is 71.6 Å². The summed E-state index contributed by atoms with van der Waals surface area (Å²) < 4.78 is 0. The van der Waals surface area contributed by atoms with Gasteiger partial charge in [-0.15, -0.1) is 0 Å². The molecule has 1 aromatic heterocycles. The van der Waals surface area contributed by atoms with Crippen molar-refractivity contribution in [2.45, 2.75) is 25.8 Å². The van der Waals surface area contributed by atoms with E-state index < -0.39 is 0 Å². The number of hydrogen-bond donors (Lipinski definition) is 2. The molecule has 12 heavy (non-hydrogen) atoms. The summed E-state index contributed by atoms with van der Waals surface area (Å²) in [6, 6.07) is 3.45. The van der Waals surface area contributed by atoms with Crippen LogP contribution < -0.4 is 11.3 Å². The molecule has 0 bridgehead atoms. The summed E-state index contributed by atoms with van der Waals surface area (Å²) in [5, 5.41) is 0. The van der Waals surface area contributed by atoms with Gasteiger partial charge in [-0.25, -0.2) is 0 Å². The molecule has 3 N–H and O–H groups in total. The first-order valence-electron chi connectivity index (χ1n) is 4.19. The third-order valence-corrected chi connectivity index (χ3v) is 1.85. The molecule has 0 saturated carbocycles. The fourth-order valence-electron chi connectivity index (χ4n) is 1.19. The highest BCUT2D eigenvalue weighted by molar-refractivity contribution is 5.13. The summed E-state index contributed by atoms with van der Waals surface area (Å²) in [6.07, 6.45) is 3.47. The number of pyridine rings is 1. The van der Waals surface area contributed by atoms with E-state index in [4.69, 9.17) is 5.73 Å². The van der Waals surface area contributed by atoms with Crippen molar-refractivity contribution in [1.29, 1.82) is 0 Å². The zero-order chi connectivity index (χ0) is 8.97. The lowest BCUT2D eigenvalue weighted by molar-refractivity contribution is 0.631. The molecule has 0 aromatic carbocycles. The average Bonchev–Trinajstić information content (AvgIpc) is 2.05. The summed E-state index contributed by atoms with van der Waals surface area (Å²) in [4.78, 5) is 13.8. The number of H-pyrrole nitrogens is 1. The maximum atomic E-state index is 11.2. The van der Waals surface area contributed by atoms with Crippen molar-refractivity contribution in [1.82, 2.24) is 4.98 Å². The standard InChI is InChI=1S/C9H14N2O/c1-2-4-8(10)7-5-3-6-11-9(7)12/h3,5-6,8H,2,4,10H2,1H3,(H,11,12)/t8-/m0/s1. The van der Waals surface area contributed by atoms with E-state index in [0.29, 0.717) is 5.56 Å². The van der Waals surface area contributed by atoms with Crippen LogP contribution >= 0.6 is 0 Å². The van der Waals surface area contributed by atoms with Gasteiger partial charge in [0.1, 0.15) is 0 Å². The van der Waals surface area contributed by atoms with Gasteiger partial charge in [0.15, 0.2) is 0 Å². The minimum absolute atomic E-state index is 0.0709. The number of nitrogens with two attached hydrogens (primary N) is 1. The van der Waals surface area contributed by atoms with Crippen molar-refractivity contribution in [3.05, 3.63) is 34.2 Å². The first-order chi connectivity index (χ1) is 5.75. The van der Waals surface area contributed by atoms with Crippen molar-refractivity contribution in [3.8, 4) is 0 Å². The van der Waals surface area contributed by atoms with Crippen LogP contribution in [0.4, 0.5) is 0 Å². The summed E-state index contributed by atoms with van der Waals surface area (Å²) in [6.45, 7) is 2.05. The minimum Gasteiger partial charge on any atom is -0.329 e. The lowest BCUT2D eigenvalue weighted by Gasteiger charge is -2.07. The Morgan fingerprint density at radius 3 is 3.00 bits per heavy atom. The Morgan fingerprint density at radius 2 is 2.42 bits per heavy atom. The highest BCUT2D eigenvalue weighted by atomic mass is 16.1. The Balaban J connectivity index is 2.87. The van der Waals surface area contributed by atoms with Crippen LogP contribution in [0.5, 0.6) is 0 Å². The van der Waals surface area contributed by atoms with Gasteiger partial charge in [-0.2, -0.15) is 0 Å². The van der Waals surface area contributed by atoms with Crippen molar-refractivity contribution < 1.29 is 0 Å². The van der Waals surface area contributed by atoms with Gasteiger partial charge >= 0.3 is 0 Å². The summed E-state index contributed by atoms with van der Waals surface area (Å²) in [7, 11) is 0. The van der Waals surface area contributed by atoms with E-state index in [1.54, 1.807) is 18.3 Å². The van der Waals surface area contributed by atoms with Crippen molar-refractivity contribution >= 4 is 0 Å². The van der Waals surface area contributed by atoms with Gasteiger partial charge in [-0.1, -0.05) is 19.4 Å². The minimum atomic E-state index is -0.125. The van der Waals surface area contributed by atoms with Gasteiger partial charge in [0.05, 0.1) is 0 Å². The van der Waals surface area contributed by atoms with Crippen molar-refractivity contribution in [2.24, 2.45) is 5.73 Å². The molecule has 0 radical (unpaired) electrons. The second kappa shape index (κ2) is 4.07. The Bertz CT molecular complexity index is 293. The van der Waals surface area contributed by atoms with Crippen LogP contribution in [0.15, 0.2) is 23.1 Å². The first-order valence-corrected chi connectivity index (χ1v) is 4.19. The van der Waals surface area contributed by atoms with Gasteiger partial charge < -0.3 is 10.7 Å². The molecule has 1 aromatic rings. The van der Waals surface area contributed by atoms with Gasteiger partial charge in [0.2, 0.25) is 0 Å². The van der Waals surface area contributed by atoms with E-state index in [1.807, 2.05) is 0 Å². The van der Waals surface area contributed by atoms with E-state index in [9.17, 15) is 4.79 Å². The van der Waals surface area contributed by atoms with E-state index in [0.717, 1.165) is 12.8 Å². The number of nitrogens with one attached hydrogen (secondary N) is 1. The number of hydrogen-bond acceptors (Lipinski definition) is 2. The zero-order valence-electron chi connectivity index (χ0n) is 7.21. The lowest BCUT2D eigenvalue weighted by Crippen LogP contribution is -2.20. The predicted octanol–water partition coefficient (Wildman–Crippen LogP) is 1.17. The van der Waals surface area contributed by atoms with Gasteiger partial charge in [-0.05, 0) is 12.5 Å². The molecule has 0 saturated heterocycles. The maximum Gasteiger partial charge on any atom is 0.252 e. The summed E-state index contributed by atoms with van der Waals surface area (Å²) in [5.74, 6) is 0. The smallest absolute Gasteiger partial charge is 0.252 e. The fourth-order valence-corrected chi connectivity index (χ4v) is 1.19. The topological polar surface area (TPSA) is 58.9 Å². The second-order valence-corrected chi connectivity index (χ2v) is 2.85. The molecule has 0 unspecified atom stereocenters. The van der Waals surface area contributed by atoms with Gasteiger partial charge in [-0.3, -0.25) is 4.79 Å². The van der Waals surface area contributed by atoms with E-state index in [2.05, 4.69) is 11.9 Å². The largest absolute Gasteiger partial charge is 0.329 e. The van der Waals surface area contributed by atoms with Crippen LogP contribution in [0.25, 0.3) is 0 Å². The molecule has 3 heteroatoms. The Hall–Kier alpha value is -1.09. The molecular formula is C9H14N2O. The molecule has 0 spiro atoms. The average molecular weight is 166 g/mol. The maximum absolute atomic E-state index is 11.2. The third kappa shape index (κ3) is 1.95. The summed E-state index contributed by atoms with van der Waals surface area (Å²) in [5.41, 5.74) is 6.40. The molecular weight excluding hydrogens is 152 g/mol. The Kier molecular flexibility index (Phi) is 3.05. The van der Waals surface area contributed by atoms with Crippen LogP contribution in [0, 0.1) is 0 Å². The van der Waals surface area contributed by atoms with E-state index in [1.165, 1.54) is 0 Å². The van der Waals surface area contributed by atoms with Crippen LogP contribution in [-0.2, 0) is 0 Å². The normalized spacial score (nSPS) is 12.8. The monoisotopic (exact) mass is 166 g/mol. The first kappa shape index (κ1) is 9.00. The Morgan fingerprint density at radius 1 is 1.67 bits per heavy atom. The molecule has 0 aliphatic rings. The van der Waals surface area contributed by atoms with Crippen molar-refractivity contribution in [2.75, 3.05) is 0 Å². The van der Waals surface area contributed by atoms with Crippen LogP contribution in [0.3, 0.4) is 0 Å². The molecule has 3 nitrogen and oxygen atoms in total. The number of aromatic amines is 1. The number of aromatic nitrogens is 1. The van der Waals surface area contributed by atoms with Crippen molar-refractivity contribution in [3.63, 3.8) is 0 Å². The van der Waals surface area contributed by atoms with Crippen LogP contribution in [0.1, 0.15) is 31.4 Å². The second-order valence-electron chi connectivity index (χ2n) is 2.85. The molecule has 1 rings (SSSR count). The third-order valence-electron chi connectivity index (χ3n) is 1.85. The highest BCUT2D eigenvalue weighted by Crippen LogP contribution is 2.09. The molecule has 0 amide bonds. The molecule has 66 valence electrons. The van der Waals surface area contributed by atoms with Crippen LogP contribution in [0.2, 0.25) is 0 Å². The molecule has 0 fully saturated rings. The molecule has 1 atom stereocenters. The van der Waals surface area contributed by atoms with Crippen LogP contribution in [-0.4, -0.2) is 4.98 Å². The highest BCUT2D eigenvalue weighted by Gasteiger charge is 2.07. The quantitative estimate of drug-likeness (QED) is 0.708. The van der Waals surface area contributed by atoms with Gasteiger partial charge in [0, 0.05) is 17.8 Å². The van der Waals surface area contributed by atoms with E-state index >= 15 is 0 Å². The predicted molar refractivity (Wildman–Crippen MR) is 48.9 cm³/mol. The summed E-state index contributed by atoms with van der Waals surface area (Å²) >= 11 is 0. The molecule has 1 heterocycles. The van der Waals surface area contributed by atoms with E-state index in [-0.39, 0.29) is 11.6 Å². The SMILES string of the molecule is CCC[C@H](N)c1ccc[nH]c1=O. The molecule has 0 aliphatic heterocycles. The lowest BCUT2D eigenvalue weighted by atomic mass is 10.1.